The number of carbonyl (C=O) groups is 2. The maximum Gasteiger partial charge on any atom is 0.410 e. The molecule has 5 N–H and O–H groups in total. The van der Waals surface area contributed by atoms with Crippen LogP contribution in [0.2, 0.25) is 0 Å². The van der Waals surface area contributed by atoms with Crippen LogP contribution in [0.25, 0.3) is 0 Å². The number of ether oxygens (including phenoxy) is 2. The number of carbonyl (C=O) groups excluding carboxylic acids is 2. The number of nitrogens with one attached hydrogen (secondary N) is 5. The highest BCUT2D eigenvalue weighted by atomic mass is 79.9. The summed E-state index contributed by atoms with van der Waals surface area (Å²) in [6.07, 6.45) is 2.14. The van der Waals surface area contributed by atoms with Gasteiger partial charge in [-0.15, -0.1) is 0 Å². The second kappa shape index (κ2) is 15.9. The normalized spacial score (nSPS) is 18.6. The first-order valence-corrected chi connectivity index (χ1v) is 15.3. The minimum Gasteiger partial charge on any atom is -0.444 e. The van der Waals surface area contributed by atoms with Crippen molar-refractivity contribution in [3.05, 3.63) is 58.5 Å². The van der Waals surface area contributed by atoms with Gasteiger partial charge >= 0.3 is 23.6 Å². The van der Waals surface area contributed by atoms with Gasteiger partial charge in [0.25, 0.3) is 11.1 Å². The summed E-state index contributed by atoms with van der Waals surface area (Å²) in [6, 6.07) is 0.119. The summed E-state index contributed by atoms with van der Waals surface area (Å²) in [5, 5.41) is 3.23. The molecule has 4 rings (SSSR count). The zero-order valence-corrected chi connectivity index (χ0v) is 28.6. The Balaban J connectivity index is 0.000000261. The molecule has 2 aliphatic heterocycles. The molecule has 2 aromatic heterocycles. The van der Waals surface area contributed by atoms with Crippen molar-refractivity contribution in [1.82, 2.24) is 35.1 Å². The van der Waals surface area contributed by atoms with E-state index in [0.29, 0.717) is 29.8 Å². The molecule has 2 aromatic rings. The lowest BCUT2D eigenvalue weighted by atomic mass is 10.2. The van der Waals surface area contributed by atoms with Crippen LogP contribution in [0.4, 0.5) is 15.3 Å². The lowest BCUT2D eigenvalue weighted by Crippen LogP contribution is -2.56. The number of hydrogen-bond acceptors (Lipinski definition) is 10. The van der Waals surface area contributed by atoms with E-state index in [4.69, 9.17) is 9.47 Å². The summed E-state index contributed by atoms with van der Waals surface area (Å²) in [5.74, 6) is 0. The SMILES string of the molecule is C[C@@H]1CN(c2c[nH]c(=O)[nH]c2=O)CCN1C(=O)OC(C)(C)C.C[C@@H]1CNCCN1C(=O)OC(C)(C)C.O=c1[nH]cc(Br)c(=O)[nH]1. The van der Waals surface area contributed by atoms with Crippen molar-refractivity contribution in [2.45, 2.75) is 78.7 Å². The fraction of sp³-hybridized carbons (Fsp3) is 0.643. The highest BCUT2D eigenvalue weighted by molar-refractivity contribution is 9.10. The molecular formula is C28H45BrN8O8. The van der Waals surface area contributed by atoms with Crippen LogP contribution in [0.1, 0.15) is 55.4 Å². The van der Waals surface area contributed by atoms with Crippen molar-refractivity contribution in [2.24, 2.45) is 0 Å². The van der Waals surface area contributed by atoms with Crippen LogP contribution in [0, 0.1) is 0 Å². The molecular weight excluding hydrogens is 656 g/mol. The van der Waals surface area contributed by atoms with Crippen LogP contribution >= 0.6 is 15.9 Å². The van der Waals surface area contributed by atoms with E-state index in [1.807, 2.05) is 65.3 Å². The van der Waals surface area contributed by atoms with Crippen LogP contribution in [-0.2, 0) is 9.47 Å². The lowest BCUT2D eigenvalue weighted by molar-refractivity contribution is 0.0136. The van der Waals surface area contributed by atoms with Gasteiger partial charge in [0.15, 0.2) is 0 Å². The smallest absolute Gasteiger partial charge is 0.410 e. The summed E-state index contributed by atoms with van der Waals surface area (Å²) in [6.45, 7) is 18.9. The fourth-order valence-corrected chi connectivity index (χ4v) is 4.45. The minimum absolute atomic E-state index is 0.102. The van der Waals surface area contributed by atoms with Gasteiger partial charge < -0.3 is 39.5 Å². The van der Waals surface area contributed by atoms with Gasteiger partial charge in [-0.1, -0.05) is 0 Å². The number of aromatic nitrogens is 4. The number of amides is 2. The molecule has 17 heteroatoms. The standard InChI is InChI=1S/C14H22N4O4.C10H20N2O2.C4H3BrN2O2/c1-9-8-17(10-7-15-12(20)16-11(10)19)5-6-18(9)13(21)22-14(2,3)4;1-8-7-11-5-6-12(8)9(13)14-10(2,3)4;5-2-1-6-4(9)7-3(2)8/h7,9H,5-6,8H2,1-4H3,(H2,15,16,19,20);8,11H,5-7H2,1-4H3;1H,(H2,6,7,8,9)/t9-;8-;/m11./s1. The Kier molecular flexibility index (Phi) is 13.2. The van der Waals surface area contributed by atoms with Crippen LogP contribution < -0.4 is 32.7 Å². The van der Waals surface area contributed by atoms with Gasteiger partial charge in [0.05, 0.1) is 4.47 Å². The number of hydrogen-bond donors (Lipinski definition) is 5. The van der Waals surface area contributed by atoms with E-state index in [2.05, 4.69) is 36.2 Å². The monoisotopic (exact) mass is 700 g/mol. The highest BCUT2D eigenvalue weighted by Crippen LogP contribution is 2.18. The maximum absolute atomic E-state index is 12.1. The van der Waals surface area contributed by atoms with Crippen molar-refractivity contribution < 1.29 is 19.1 Å². The van der Waals surface area contributed by atoms with E-state index in [1.165, 1.54) is 12.4 Å². The van der Waals surface area contributed by atoms with Crippen LogP contribution in [-0.4, -0.2) is 104 Å². The summed E-state index contributed by atoms with van der Waals surface area (Å²) in [5.41, 5.74) is -2.42. The van der Waals surface area contributed by atoms with Gasteiger partial charge in [0, 0.05) is 63.7 Å². The Morgan fingerprint density at radius 1 is 0.778 bits per heavy atom. The summed E-state index contributed by atoms with van der Waals surface area (Å²) < 4.78 is 11.0. The largest absolute Gasteiger partial charge is 0.444 e. The molecule has 2 fully saturated rings. The van der Waals surface area contributed by atoms with Gasteiger partial charge in [-0.05, 0) is 71.3 Å². The molecule has 0 aliphatic carbocycles. The average Bonchev–Trinajstić information content (AvgIpc) is 2.90. The summed E-state index contributed by atoms with van der Waals surface area (Å²) >= 11 is 2.92. The number of halogens is 1. The minimum atomic E-state index is -0.538. The lowest BCUT2D eigenvalue weighted by Gasteiger charge is -2.40. The van der Waals surface area contributed by atoms with Gasteiger partial charge in [0.1, 0.15) is 16.9 Å². The van der Waals surface area contributed by atoms with Gasteiger partial charge in [0.2, 0.25) is 0 Å². The Morgan fingerprint density at radius 3 is 1.73 bits per heavy atom. The molecule has 0 aromatic carbocycles. The number of H-pyrrole nitrogens is 4. The molecule has 4 heterocycles. The number of rotatable bonds is 1. The van der Waals surface area contributed by atoms with Crippen LogP contribution in [0.15, 0.2) is 36.0 Å². The molecule has 0 saturated carbocycles. The summed E-state index contributed by atoms with van der Waals surface area (Å²) in [4.78, 5) is 81.8. The highest BCUT2D eigenvalue weighted by Gasteiger charge is 2.32. The predicted molar refractivity (Wildman–Crippen MR) is 173 cm³/mol. The van der Waals surface area contributed by atoms with Crippen molar-refractivity contribution in [2.75, 3.05) is 44.2 Å². The first kappa shape index (κ1) is 37.3. The Hall–Kier alpha value is -3.86. The van der Waals surface area contributed by atoms with Gasteiger partial charge in [-0.25, -0.2) is 19.2 Å². The first-order chi connectivity index (χ1) is 20.8. The van der Waals surface area contributed by atoms with E-state index in [9.17, 15) is 28.8 Å². The maximum atomic E-state index is 12.1. The summed E-state index contributed by atoms with van der Waals surface area (Å²) in [7, 11) is 0. The molecule has 2 amide bonds. The van der Waals surface area contributed by atoms with E-state index < -0.39 is 33.7 Å². The molecule has 2 saturated heterocycles. The number of aromatic amines is 4. The second-order valence-electron chi connectivity index (χ2n) is 12.6. The van der Waals surface area contributed by atoms with E-state index in [0.717, 1.165) is 19.6 Å². The topological polar surface area (TPSA) is 206 Å². The van der Waals surface area contributed by atoms with Crippen molar-refractivity contribution in [3.63, 3.8) is 0 Å². The van der Waals surface area contributed by atoms with Gasteiger partial charge in [-0.3, -0.25) is 19.6 Å². The first-order valence-electron chi connectivity index (χ1n) is 14.5. The number of piperazine rings is 2. The molecule has 0 bridgehead atoms. The Labute approximate surface area is 269 Å². The second-order valence-corrected chi connectivity index (χ2v) is 13.4. The third kappa shape index (κ3) is 12.6. The van der Waals surface area contributed by atoms with E-state index in [1.54, 1.807) is 9.80 Å². The quantitative estimate of drug-likeness (QED) is 0.290. The zero-order chi connectivity index (χ0) is 34.1. The van der Waals surface area contributed by atoms with E-state index >= 15 is 0 Å². The molecule has 2 aliphatic rings. The van der Waals surface area contributed by atoms with Crippen molar-refractivity contribution in [3.8, 4) is 0 Å². The van der Waals surface area contributed by atoms with Crippen molar-refractivity contribution >= 4 is 33.8 Å². The molecule has 16 nitrogen and oxygen atoms in total. The molecule has 0 unspecified atom stereocenters. The fourth-order valence-electron chi connectivity index (χ4n) is 4.23. The van der Waals surface area contributed by atoms with Crippen LogP contribution in [0.5, 0.6) is 0 Å². The molecule has 45 heavy (non-hydrogen) atoms. The van der Waals surface area contributed by atoms with Gasteiger partial charge in [-0.2, -0.15) is 0 Å². The third-order valence-electron chi connectivity index (χ3n) is 6.30. The van der Waals surface area contributed by atoms with Crippen LogP contribution in [0.3, 0.4) is 0 Å². The number of anilines is 1. The molecule has 0 spiro atoms. The third-order valence-corrected chi connectivity index (χ3v) is 6.89. The Bertz CT molecular complexity index is 1520. The number of nitrogens with zero attached hydrogens (tertiary/aromatic N) is 3. The molecule has 2 atom stereocenters. The van der Waals surface area contributed by atoms with Crippen molar-refractivity contribution in [1.29, 1.82) is 0 Å². The predicted octanol–water partition coefficient (Wildman–Crippen LogP) is 1.55. The zero-order valence-electron chi connectivity index (χ0n) is 27.0. The molecule has 0 radical (unpaired) electrons. The average molecular weight is 702 g/mol. The van der Waals surface area contributed by atoms with E-state index in [-0.39, 0.29) is 24.3 Å². The Morgan fingerprint density at radius 2 is 1.29 bits per heavy atom. The molecule has 252 valence electrons.